The van der Waals surface area contributed by atoms with Gasteiger partial charge in [-0.15, -0.1) is 0 Å². The summed E-state index contributed by atoms with van der Waals surface area (Å²) in [5, 5.41) is 7.62. The summed E-state index contributed by atoms with van der Waals surface area (Å²) in [6.07, 6.45) is 1.47. The number of fused-ring (bicyclic) bond motifs is 3. The van der Waals surface area contributed by atoms with E-state index in [4.69, 9.17) is 9.26 Å². The number of carbonyl (C=O) groups excluding carboxylic acids is 1. The molecule has 3 heterocycles. The Hall–Kier alpha value is -4.47. The summed E-state index contributed by atoms with van der Waals surface area (Å²) in [5.41, 5.74) is 1.90. The van der Waals surface area contributed by atoms with Crippen molar-refractivity contribution in [3.05, 3.63) is 76.9 Å². The lowest BCUT2D eigenvalue weighted by Crippen LogP contribution is -2.25. The predicted octanol–water partition coefficient (Wildman–Crippen LogP) is 3.55. The Morgan fingerprint density at radius 3 is 2.77 bits per heavy atom. The van der Waals surface area contributed by atoms with Crippen LogP contribution in [0.5, 0.6) is 5.75 Å². The summed E-state index contributed by atoms with van der Waals surface area (Å²) in [4.78, 5) is 35.4. The monoisotopic (exact) mass is 472 g/mol. The number of aromatic nitrogens is 5. The standard InChI is InChI=1S/C25H24N6O4/c1-15(2)24-28-21(35-29-24)13-30-14-26-22-18-9-4-5-10-19(18)31(23(22)25(30)33)12-20(32)27-16-7-6-8-17(11-16)34-3/h4-11,14-15H,12-13H2,1-3H3,(H,27,32). The fourth-order valence-corrected chi connectivity index (χ4v) is 3.98. The van der Waals surface area contributed by atoms with E-state index >= 15 is 0 Å². The highest BCUT2D eigenvalue weighted by Crippen LogP contribution is 2.25. The largest absolute Gasteiger partial charge is 0.497 e. The number of hydrogen-bond donors (Lipinski definition) is 1. The molecule has 0 spiro atoms. The maximum atomic E-state index is 13.6. The molecule has 1 N–H and O–H groups in total. The second-order valence-electron chi connectivity index (χ2n) is 8.46. The van der Waals surface area contributed by atoms with E-state index < -0.39 is 0 Å². The predicted molar refractivity (Wildman–Crippen MR) is 131 cm³/mol. The van der Waals surface area contributed by atoms with Crippen molar-refractivity contribution in [3.8, 4) is 5.75 Å². The van der Waals surface area contributed by atoms with Gasteiger partial charge in [0.05, 0.1) is 19.0 Å². The third-order valence-electron chi connectivity index (χ3n) is 5.69. The summed E-state index contributed by atoms with van der Waals surface area (Å²) >= 11 is 0. The third kappa shape index (κ3) is 4.25. The smallest absolute Gasteiger partial charge is 0.278 e. The Morgan fingerprint density at radius 2 is 2.00 bits per heavy atom. The second-order valence-corrected chi connectivity index (χ2v) is 8.46. The summed E-state index contributed by atoms with van der Waals surface area (Å²) < 4.78 is 13.6. The maximum absolute atomic E-state index is 13.6. The fraction of sp³-hybridized carbons (Fsp3) is 0.240. The van der Waals surface area contributed by atoms with Gasteiger partial charge in [-0.1, -0.05) is 43.3 Å². The number of carbonyl (C=O) groups is 1. The number of methoxy groups -OCH3 is 1. The van der Waals surface area contributed by atoms with E-state index in [9.17, 15) is 9.59 Å². The zero-order valence-corrected chi connectivity index (χ0v) is 19.6. The van der Waals surface area contributed by atoms with Crippen LogP contribution in [0.15, 0.2) is 64.2 Å². The average Bonchev–Trinajstić information content (AvgIpc) is 3.45. The Labute approximate surface area is 200 Å². The first-order valence-electron chi connectivity index (χ1n) is 11.2. The quantitative estimate of drug-likeness (QED) is 0.385. The van der Waals surface area contributed by atoms with Crippen LogP contribution in [0.1, 0.15) is 31.5 Å². The SMILES string of the molecule is COc1cccc(NC(=O)Cn2c3ccccc3c3ncn(Cc4nc(C(C)C)no4)c(=O)c32)c1. The van der Waals surface area contributed by atoms with Crippen molar-refractivity contribution in [2.24, 2.45) is 0 Å². The number of benzene rings is 2. The molecule has 0 aliphatic heterocycles. The van der Waals surface area contributed by atoms with Gasteiger partial charge in [0.15, 0.2) is 5.82 Å². The molecule has 2 aromatic carbocycles. The van der Waals surface area contributed by atoms with Crippen LogP contribution >= 0.6 is 0 Å². The van der Waals surface area contributed by atoms with Gasteiger partial charge >= 0.3 is 0 Å². The van der Waals surface area contributed by atoms with Crippen molar-refractivity contribution >= 4 is 33.5 Å². The molecule has 0 fully saturated rings. The Balaban J connectivity index is 1.54. The number of amides is 1. The van der Waals surface area contributed by atoms with Gasteiger partial charge in [-0.05, 0) is 18.2 Å². The van der Waals surface area contributed by atoms with E-state index in [1.807, 2.05) is 38.1 Å². The minimum absolute atomic E-state index is 0.0692. The highest BCUT2D eigenvalue weighted by Gasteiger charge is 2.19. The number of hydrogen-bond acceptors (Lipinski definition) is 7. The molecule has 0 saturated carbocycles. The van der Waals surface area contributed by atoms with Crippen molar-refractivity contribution < 1.29 is 14.1 Å². The maximum Gasteiger partial charge on any atom is 0.278 e. The first kappa shape index (κ1) is 22.3. The molecule has 10 heteroatoms. The van der Waals surface area contributed by atoms with E-state index in [2.05, 4.69) is 20.4 Å². The Morgan fingerprint density at radius 1 is 1.17 bits per heavy atom. The van der Waals surface area contributed by atoms with Crippen molar-refractivity contribution in [3.63, 3.8) is 0 Å². The van der Waals surface area contributed by atoms with Crippen LogP contribution < -0.4 is 15.6 Å². The first-order valence-corrected chi connectivity index (χ1v) is 11.2. The molecule has 5 aromatic rings. The minimum atomic E-state index is -0.301. The summed E-state index contributed by atoms with van der Waals surface area (Å²) in [5.74, 6) is 1.35. The molecule has 1 amide bonds. The van der Waals surface area contributed by atoms with Crippen LogP contribution in [0.2, 0.25) is 0 Å². The lowest BCUT2D eigenvalue weighted by molar-refractivity contribution is -0.116. The van der Waals surface area contributed by atoms with E-state index in [-0.39, 0.29) is 30.5 Å². The summed E-state index contributed by atoms with van der Waals surface area (Å²) in [6.45, 7) is 3.94. The van der Waals surface area contributed by atoms with Crippen LogP contribution in [0, 0.1) is 0 Å². The summed E-state index contributed by atoms with van der Waals surface area (Å²) in [7, 11) is 1.56. The Bertz CT molecular complexity index is 1600. The number of nitrogens with one attached hydrogen (secondary N) is 1. The van der Waals surface area contributed by atoms with Gasteiger partial charge in [0.2, 0.25) is 11.8 Å². The van der Waals surface area contributed by atoms with Crippen LogP contribution in [-0.4, -0.2) is 37.3 Å². The fourth-order valence-electron chi connectivity index (χ4n) is 3.98. The molecule has 3 aromatic heterocycles. The molecule has 10 nitrogen and oxygen atoms in total. The Kier molecular flexibility index (Phi) is 5.77. The first-order chi connectivity index (χ1) is 16.9. The van der Waals surface area contributed by atoms with Crippen LogP contribution in [0.4, 0.5) is 5.69 Å². The molecule has 178 valence electrons. The second kappa shape index (κ2) is 9.05. The van der Waals surface area contributed by atoms with Gasteiger partial charge in [0, 0.05) is 23.1 Å². The molecule has 0 saturated heterocycles. The molecule has 0 aliphatic rings. The minimum Gasteiger partial charge on any atom is -0.497 e. The highest BCUT2D eigenvalue weighted by atomic mass is 16.5. The van der Waals surface area contributed by atoms with Gasteiger partial charge in [0.1, 0.15) is 29.9 Å². The summed E-state index contributed by atoms with van der Waals surface area (Å²) in [6, 6.07) is 14.6. The van der Waals surface area contributed by atoms with Crippen LogP contribution in [0.3, 0.4) is 0 Å². The number of ether oxygens (including phenoxy) is 1. The molecular formula is C25H24N6O4. The van der Waals surface area contributed by atoms with Gasteiger partial charge in [-0.25, -0.2) is 4.98 Å². The van der Waals surface area contributed by atoms with E-state index in [1.54, 1.807) is 35.9 Å². The molecule has 0 atom stereocenters. The number of para-hydroxylation sites is 1. The van der Waals surface area contributed by atoms with Gasteiger partial charge in [-0.3, -0.25) is 14.2 Å². The van der Waals surface area contributed by atoms with Crippen molar-refractivity contribution in [1.29, 1.82) is 0 Å². The van der Waals surface area contributed by atoms with Crippen molar-refractivity contribution in [2.45, 2.75) is 32.9 Å². The topological polar surface area (TPSA) is 117 Å². The molecular weight excluding hydrogens is 448 g/mol. The van der Waals surface area contributed by atoms with Crippen LogP contribution in [-0.2, 0) is 17.9 Å². The molecule has 0 bridgehead atoms. The molecule has 0 aliphatic carbocycles. The van der Waals surface area contributed by atoms with E-state index in [0.717, 1.165) is 10.9 Å². The molecule has 35 heavy (non-hydrogen) atoms. The normalized spacial score (nSPS) is 11.4. The molecule has 0 unspecified atom stereocenters. The number of anilines is 1. The van der Waals surface area contributed by atoms with Gasteiger partial charge in [0.25, 0.3) is 5.56 Å². The number of rotatable bonds is 7. The lowest BCUT2D eigenvalue weighted by Gasteiger charge is -2.10. The molecule has 5 rings (SSSR count). The lowest BCUT2D eigenvalue weighted by atomic mass is 10.2. The van der Waals surface area contributed by atoms with Crippen molar-refractivity contribution in [1.82, 2.24) is 24.3 Å². The average molecular weight is 473 g/mol. The van der Waals surface area contributed by atoms with E-state index in [1.165, 1.54) is 10.9 Å². The molecule has 0 radical (unpaired) electrons. The van der Waals surface area contributed by atoms with Gasteiger partial charge in [-0.2, -0.15) is 4.98 Å². The van der Waals surface area contributed by atoms with Crippen LogP contribution in [0.25, 0.3) is 21.9 Å². The van der Waals surface area contributed by atoms with E-state index in [0.29, 0.717) is 34.2 Å². The third-order valence-corrected chi connectivity index (χ3v) is 5.69. The number of nitrogens with zero attached hydrogens (tertiary/aromatic N) is 5. The van der Waals surface area contributed by atoms with Crippen molar-refractivity contribution in [2.75, 3.05) is 12.4 Å². The zero-order valence-electron chi connectivity index (χ0n) is 19.6. The van der Waals surface area contributed by atoms with Gasteiger partial charge < -0.3 is 19.1 Å². The zero-order chi connectivity index (χ0) is 24.5. The highest BCUT2D eigenvalue weighted by molar-refractivity contribution is 6.06.